The lowest BCUT2D eigenvalue weighted by atomic mass is 9.84. The van der Waals surface area contributed by atoms with E-state index in [4.69, 9.17) is 5.73 Å². The van der Waals surface area contributed by atoms with Crippen LogP contribution >= 0.6 is 0 Å². The van der Waals surface area contributed by atoms with Crippen LogP contribution in [-0.4, -0.2) is 15.9 Å². The van der Waals surface area contributed by atoms with E-state index in [9.17, 15) is 9.18 Å². The second-order valence-corrected chi connectivity index (χ2v) is 7.40. The van der Waals surface area contributed by atoms with Crippen molar-refractivity contribution in [3.63, 3.8) is 0 Å². The lowest BCUT2D eigenvalue weighted by Gasteiger charge is -2.20. The van der Waals surface area contributed by atoms with E-state index in [2.05, 4.69) is 22.1 Å². The first-order valence-corrected chi connectivity index (χ1v) is 10.0. The van der Waals surface area contributed by atoms with Gasteiger partial charge >= 0.3 is 0 Å². The number of amides is 1. The number of alkyl halides is 1. The maximum Gasteiger partial charge on any atom is 0.248 e. The molecule has 5 heteroatoms. The number of rotatable bonds is 7. The molecule has 1 amide bonds. The third-order valence-electron chi connectivity index (χ3n) is 5.41. The first-order chi connectivity index (χ1) is 15.2. The topological polar surface area (TPSA) is 68.9 Å². The van der Waals surface area contributed by atoms with Crippen LogP contribution in [0.25, 0.3) is 11.1 Å². The Balaban J connectivity index is 1.78. The number of benzene rings is 2. The number of hydrogen-bond acceptors (Lipinski definition) is 3. The molecule has 0 unspecified atom stereocenters. The molecule has 2 aromatic carbocycles. The largest absolute Gasteiger partial charge is 0.366 e. The van der Waals surface area contributed by atoms with Crippen molar-refractivity contribution in [1.82, 2.24) is 9.97 Å². The van der Waals surface area contributed by atoms with Crippen molar-refractivity contribution in [3.05, 3.63) is 119 Å². The summed E-state index contributed by atoms with van der Waals surface area (Å²) < 4.78 is 13.4. The van der Waals surface area contributed by atoms with Gasteiger partial charge in [0.25, 0.3) is 0 Å². The quantitative estimate of drug-likeness (QED) is 0.461. The van der Waals surface area contributed by atoms with E-state index in [1.807, 2.05) is 54.9 Å². The predicted octanol–water partition coefficient (Wildman–Crippen LogP) is 5.09. The van der Waals surface area contributed by atoms with E-state index in [-0.39, 0.29) is 5.92 Å². The van der Waals surface area contributed by atoms with Crippen molar-refractivity contribution in [3.8, 4) is 11.1 Å². The SMILES string of the molecule is NC(=O)c1ccc(-c2cc(CF)ccc2CC(c2cccnc2)c2cccnc2)cc1. The molecular weight excluding hydrogens is 389 g/mol. The average Bonchev–Trinajstić information content (AvgIpc) is 2.83. The predicted molar refractivity (Wildman–Crippen MR) is 119 cm³/mol. The van der Waals surface area contributed by atoms with Gasteiger partial charge < -0.3 is 5.73 Å². The molecule has 4 nitrogen and oxygen atoms in total. The highest BCUT2D eigenvalue weighted by molar-refractivity contribution is 5.93. The van der Waals surface area contributed by atoms with Crippen molar-refractivity contribution in [2.45, 2.75) is 19.0 Å². The summed E-state index contributed by atoms with van der Waals surface area (Å²) in [5.41, 5.74) is 11.5. The van der Waals surface area contributed by atoms with Crippen LogP contribution in [-0.2, 0) is 13.1 Å². The molecule has 154 valence electrons. The Labute approximate surface area is 180 Å². The third kappa shape index (κ3) is 4.67. The Morgan fingerprint density at radius 2 is 1.55 bits per heavy atom. The van der Waals surface area contributed by atoms with Crippen molar-refractivity contribution >= 4 is 5.91 Å². The van der Waals surface area contributed by atoms with Crippen LogP contribution in [0.5, 0.6) is 0 Å². The van der Waals surface area contributed by atoms with Gasteiger partial charge in [0.05, 0.1) is 0 Å². The number of nitrogens with zero attached hydrogens (tertiary/aromatic N) is 2. The minimum atomic E-state index is -0.540. The van der Waals surface area contributed by atoms with Gasteiger partial charge in [-0.15, -0.1) is 0 Å². The van der Waals surface area contributed by atoms with Crippen LogP contribution in [0, 0.1) is 0 Å². The molecule has 0 bridgehead atoms. The lowest BCUT2D eigenvalue weighted by Crippen LogP contribution is -2.10. The number of pyridine rings is 2. The van der Waals surface area contributed by atoms with Crippen molar-refractivity contribution in [2.75, 3.05) is 0 Å². The fourth-order valence-electron chi connectivity index (χ4n) is 3.78. The van der Waals surface area contributed by atoms with Crippen LogP contribution in [0.2, 0.25) is 0 Å². The third-order valence-corrected chi connectivity index (χ3v) is 5.41. The second-order valence-electron chi connectivity index (χ2n) is 7.40. The van der Waals surface area contributed by atoms with Crippen LogP contribution in [0.15, 0.2) is 91.5 Å². The summed E-state index contributed by atoms with van der Waals surface area (Å²) in [6, 6.07) is 20.7. The smallest absolute Gasteiger partial charge is 0.248 e. The van der Waals surface area contributed by atoms with Gasteiger partial charge in [-0.2, -0.15) is 0 Å². The summed E-state index contributed by atoms with van der Waals surface area (Å²) in [6.45, 7) is -0.540. The van der Waals surface area contributed by atoms with Gasteiger partial charge in [0.1, 0.15) is 6.67 Å². The molecule has 4 rings (SSSR count). The summed E-state index contributed by atoms with van der Waals surface area (Å²) in [6.07, 6.45) is 7.94. The van der Waals surface area contributed by atoms with Crippen LogP contribution in [0.4, 0.5) is 4.39 Å². The van der Waals surface area contributed by atoms with E-state index >= 15 is 0 Å². The molecule has 0 atom stereocenters. The van der Waals surface area contributed by atoms with Gasteiger partial charge in [0.15, 0.2) is 0 Å². The summed E-state index contributed by atoms with van der Waals surface area (Å²) in [5.74, 6) is -0.431. The fourth-order valence-corrected chi connectivity index (χ4v) is 3.78. The van der Waals surface area contributed by atoms with Gasteiger partial charge in [-0.05, 0) is 70.1 Å². The number of hydrogen-bond donors (Lipinski definition) is 1. The van der Waals surface area contributed by atoms with Crippen LogP contribution in [0.1, 0.15) is 38.5 Å². The normalized spacial score (nSPS) is 10.9. The number of carbonyl (C=O) groups is 1. The Hall–Kier alpha value is -3.86. The molecule has 0 aliphatic carbocycles. The Bertz CT molecular complexity index is 1120. The standard InChI is InChI=1S/C26H22FN3O/c27-15-18-5-6-21(24(13-18)19-7-9-20(10-8-19)26(28)31)14-25(22-3-1-11-29-16-22)23-4-2-12-30-17-23/h1-13,16-17,25H,14-15H2,(H2,28,31). The van der Waals surface area contributed by atoms with Gasteiger partial charge in [-0.3, -0.25) is 14.8 Å². The zero-order chi connectivity index (χ0) is 21.6. The number of primary amides is 1. The van der Waals surface area contributed by atoms with Gasteiger partial charge in [0.2, 0.25) is 5.91 Å². The maximum atomic E-state index is 13.4. The van der Waals surface area contributed by atoms with Crippen LogP contribution in [0.3, 0.4) is 0 Å². The summed E-state index contributed by atoms with van der Waals surface area (Å²) in [4.78, 5) is 20.0. The summed E-state index contributed by atoms with van der Waals surface area (Å²) in [5, 5.41) is 0. The van der Waals surface area contributed by atoms with E-state index in [1.165, 1.54) is 0 Å². The molecule has 2 N–H and O–H groups in total. The lowest BCUT2D eigenvalue weighted by molar-refractivity contribution is 0.100. The number of nitrogens with two attached hydrogens (primary N) is 1. The zero-order valence-corrected chi connectivity index (χ0v) is 16.9. The van der Waals surface area contributed by atoms with Gasteiger partial charge in [0, 0.05) is 36.3 Å². The first-order valence-electron chi connectivity index (χ1n) is 10.0. The molecule has 2 aromatic heterocycles. The Morgan fingerprint density at radius 1 is 0.903 bits per heavy atom. The highest BCUT2D eigenvalue weighted by Crippen LogP contribution is 2.33. The maximum absolute atomic E-state index is 13.4. The Kier molecular flexibility index (Phi) is 6.13. The number of aromatic nitrogens is 2. The minimum Gasteiger partial charge on any atom is -0.366 e. The zero-order valence-electron chi connectivity index (χ0n) is 16.9. The first kappa shape index (κ1) is 20.4. The summed E-state index contributed by atoms with van der Waals surface area (Å²) in [7, 11) is 0. The van der Waals surface area contributed by atoms with Crippen molar-refractivity contribution in [2.24, 2.45) is 5.73 Å². The molecule has 2 heterocycles. The molecule has 4 aromatic rings. The summed E-state index contributed by atoms with van der Waals surface area (Å²) >= 11 is 0. The van der Waals surface area contributed by atoms with E-state index in [0.29, 0.717) is 17.5 Å². The molecule has 31 heavy (non-hydrogen) atoms. The van der Waals surface area contributed by atoms with Gasteiger partial charge in [-0.1, -0.05) is 36.4 Å². The molecule has 0 aliphatic rings. The van der Waals surface area contributed by atoms with Crippen molar-refractivity contribution < 1.29 is 9.18 Å². The van der Waals surface area contributed by atoms with Gasteiger partial charge in [-0.25, -0.2) is 4.39 Å². The second kappa shape index (κ2) is 9.30. The molecule has 0 saturated carbocycles. The molecule has 0 aliphatic heterocycles. The van der Waals surface area contributed by atoms with Crippen LogP contribution < -0.4 is 5.73 Å². The fraction of sp³-hybridized carbons (Fsp3) is 0.115. The minimum absolute atomic E-state index is 0.0438. The molecule has 0 fully saturated rings. The molecule has 0 saturated heterocycles. The highest BCUT2D eigenvalue weighted by atomic mass is 19.1. The van der Waals surface area contributed by atoms with E-state index < -0.39 is 12.6 Å². The molecule has 0 spiro atoms. The molecule has 0 radical (unpaired) electrons. The monoisotopic (exact) mass is 411 g/mol. The van der Waals surface area contributed by atoms with E-state index in [0.717, 1.165) is 27.8 Å². The number of carbonyl (C=O) groups excluding carboxylic acids is 1. The Morgan fingerprint density at radius 3 is 2.06 bits per heavy atom. The molecular formula is C26H22FN3O. The number of halogens is 1. The highest BCUT2D eigenvalue weighted by Gasteiger charge is 2.18. The average molecular weight is 411 g/mol. The van der Waals surface area contributed by atoms with Crippen molar-refractivity contribution in [1.29, 1.82) is 0 Å². The van der Waals surface area contributed by atoms with E-state index in [1.54, 1.807) is 24.5 Å².